The van der Waals surface area contributed by atoms with E-state index in [-0.39, 0.29) is 4.32 Å². The van der Waals surface area contributed by atoms with E-state index in [2.05, 4.69) is 0 Å². The standard InChI is InChI=1S/C21H15NO4S2/c23-19-17(11-13-10-15-8-4-5-9-16(15)26-12-13)28-21(27)22(19)18(20(24)25)14-6-2-1-3-7-14/h1-11,18H,12H2,(H,24,25)/b17-11+. The van der Waals surface area contributed by atoms with Gasteiger partial charge < -0.3 is 9.84 Å². The van der Waals surface area contributed by atoms with Gasteiger partial charge in [0, 0.05) is 5.56 Å². The zero-order valence-corrected chi connectivity index (χ0v) is 16.2. The summed E-state index contributed by atoms with van der Waals surface area (Å²) in [6.07, 6.45) is 3.68. The average Bonchev–Trinajstić information content (AvgIpc) is 2.96. The molecule has 0 aliphatic carbocycles. The van der Waals surface area contributed by atoms with E-state index < -0.39 is 17.9 Å². The first-order valence-corrected chi connectivity index (χ1v) is 9.74. The van der Waals surface area contributed by atoms with Crippen molar-refractivity contribution in [1.82, 2.24) is 4.90 Å². The molecule has 28 heavy (non-hydrogen) atoms. The van der Waals surface area contributed by atoms with E-state index in [1.807, 2.05) is 30.3 Å². The highest BCUT2D eigenvalue weighted by molar-refractivity contribution is 8.26. The van der Waals surface area contributed by atoms with Gasteiger partial charge in [-0.2, -0.15) is 0 Å². The van der Waals surface area contributed by atoms with Gasteiger partial charge in [-0.25, -0.2) is 4.79 Å². The zero-order valence-electron chi connectivity index (χ0n) is 14.6. The summed E-state index contributed by atoms with van der Waals surface area (Å²) in [6, 6.07) is 15.1. The SMILES string of the molecule is O=C(O)C(c1ccccc1)N1C(=O)/C(=C\C2=Cc3ccccc3OC2)SC1=S. The summed E-state index contributed by atoms with van der Waals surface area (Å²) >= 11 is 6.44. The Morgan fingerprint density at radius 1 is 1.18 bits per heavy atom. The summed E-state index contributed by atoms with van der Waals surface area (Å²) in [5, 5.41) is 9.73. The van der Waals surface area contributed by atoms with Crippen molar-refractivity contribution in [2.75, 3.05) is 6.61 Å². The van der Waals surface area contributed by atoms with Gasteiger partial charge in [-0.15, -0.1) is 0 Å². The Labute approximate surface area is 171 Å². The van der Waals surface area contributed by atoms with Gasteiger partial charge in [0.1, 0.15) is 16.7 Å². The van der Waals surface area contributed by atoms with Gasteiger partial charge in [-0.3, -0.25) is 9.69 Å². The molecule has 1 unspecified atom stereocenters. The van der Waals surface area contributed by atoms with Crippen LogP contribution in [-0.2, 0) is 9.59 Å². The van der Waals surface area contributed by atoms with Crippen molar-refractivity contribution >= 4 is 46.3 Å². The maximum absolute atomic E-state index is 13.0. The van der Waals surface area contributed by atoms with Crippen LogP contribution in [0.3, 0.4) is 0 Å². The van der Waals surface area contributed by atoms with Gasteiger partial charge in [0.05, 0.1) is 4.91 Å². The number of hydrogen-bond acceptors (Lipinski definition) is 5. The second-order valence-electron chi connectivity index (χ2n) is 6.25. The normalized spacial score (nSPS) is 18.5. The molecule has 1 fully saturated rings. The van der Waals surface area contributed by atoms with Crippen LogP contribution in [0.1, 0.15) is 17.2 Å². The van der Waals surface area contributed by atoms with Crippen molar-refractivity contribution in [3.8, 4) is 5.75 Å². The van der Waals surface area contributed by atoms with Crippen molar-refractivity contribution in [1.29, 1.82) is 0 Å². The molecule has 2 aliphatic rings. The summed E-state index contributed by atoms with van der Waals surface area (Å²) in [6.45, 7) is 0.335. The maximum atomic E-state index is 13.0. The molecule has 1 N–H and O–H groups in total. The van der Waals surface area contributed by atoms with Gasteiger partial charge >= 0.3 is 5.97 Å². The van der Waals surface area contributed by atoms with Crippen LogP contribution in [0.4, 0.5) is 0 Å². The molecule has 0 aromatic heterocycles. The molecule has 7 heteroatoms. The number of benzene rings is 2. The Morgan fingerprint density at radius 3 is 2.64 bits per heavy atom. The number of nitrogens with zero attached hydrogens (tertiary/aromatic N) is 1. The minimum atomic E-state index is -1.16. The summed E-state index contributed by atoms with van der Waals surface area (Å²) < 4.78 is 5.94. The fourth-order valence-corrected chi connectivity index (χ4v) is 4.45. The van der Waals surface area contributed by atoms with Crippen LogP contribution in [-0.4, -0.2) is 32.8 Å². The highest BCUT2D eigenvalue weighted by Gasteiger charge is 2.41. The Balaban J connectivity index is 1.65. The minimum absolute atomic E-state index is 0.227. The van der Waals surface area contributed by atoms with Crippen molar-refractivity contribution in [3.63, 3.8) is 0 Å². The largest absolute Gasteiger partial charge is 0.488 e. The highest BCUT2D eigenvalue weighted by atomic mass is 32.2. The van der Waals surface area contributed by atoms with Crippen LogP contribution in [0.2, 0.25) is 0 Å². The summed E-state index contributed by atoms with van der Waals surface area (Å²) in [4.78, 5) is 26.4. The Kier molecular flexibility index (Phi) is 5.02. The number of carboxylic acid groups (broad SMARTS) is 1. The van der Waals surface area contributed by atoms with Gasteiger partial charge in [0.2, 0.25) is 0 Å². The molecule has 2 heterocycles. The van der Waals surface area contributed by atoms with Crippen molar-refractivity contribution in [3.05, 3.63) is 82.3 Å². The number of aliphatic carboxylic acids is 1. The predicted octanol–water partition coefficient (Wildman–Crippen LogP) is 4.03. The van der Waals surface area contributed by atoms with E-state index >= 15 is 0 Å². The van der Waals surface area contributed by atoms with E-state index in [0.29, 0.717) is 17.1 Å². The molecule has 4 rings (SSSR count). The molecule has 0 spiro atoms. The molecular weight excluding hydrogens is 394 g/mol. The molecule has 2 aromatic carbocycles. The Bertz CT molecular complexity index is 1030. The number of ether oxygens (including phenoxy) is 1. The average molecular weight is 409 g/mol. The van der Waals surface area contributed by atoms with E-state index in [1.165, 1.54) is 4.90 Å². The third kappa shape index (κ3) is 3.46. The van der Waals surface area contributed by atoms with Gasteiger partial charge in [0.25, 0.3) is 5.91 Å². The Hall–Kier alpha value is -2.90. The number of amides is 1. The molecule has 1 saturated heterocycles. The molecule has 140 valence electrons. The lowest BCUT2D eigenvalue weighted by atomic mass is 10.1. The third-order valence-corrected chi connectivity index (χ3v) is 5.73. The molecule has 1 amide bonds. The number of para-hydroxylation sites is 1. The topological polar surface area (TPSA) is 66.8 Å². The molecule has 2 aliphatic heterocycles. The number of thioether (sulfide) groups is 1. The first-order valence-electron chi connectivity index (χ1n) is 8.52. The summed E-state index contributed by atoms with van der Waals surface area (Å²) in [5.41, 5.74) is 2.26. The molecule has 0 saturated carbocycles. The number of carbonyl (C=O) groups excluding carboxylic acids is 1. The number of rotatable bonds is 4. The van der Waals surface area contributed by atoms with E-state index in [4.69, 9.17) is 17.0 Å². The van der Waals surface area contributed by atoms with Crippen LogP contribution >= 0.6 is 24.0 Å². The van der Waals surface area contributed by atoms with Gasteiger partial charge in [-0.1, -0.05) is 72.5 Å². The van der Waals surface area contributed by atoms with Crippen LogP contribution in [0.25, 0.3) is 6.08 Å². The lowest BCUT2D eigenvalue weighted by molar-refractivity contribution is -0.145. The number of carboxylic acids is 1. The van der Waals surface area contributed by atoms with Crippen LogP contribution < -0.4 is 4.74 Å². The molecule has 0 bridgehead atoms. The van der Waals surface area contributed by atoms with Crippen molar-refractivity contribution < 1.29 is 19.4 Å². The van der Waals surface area contributed by atoms with E-state index in [9.17, 15) is 14.7 Å². The minimum Gasteiger partial charge on any atom is -0.488 e. The lowest BCUT2D eigenvalue weighted by Gasteiger charge is -2.23. The fourth-order valence-electron chi connectivity index (χ4n) is 3.13. The Morgan fingerprint density at radius 2 is 1.89 bits per heavy atom. The van der Waals surface area contributed by atoms with Crippen LogP contribution in [0.5, 0.6) is 5.75 Å². The van der Waals surface area contributed by atoms with Crippen molar-refractivity contribution in [2.24, 2.45) is 0 Å². The summed E-state index contributed by atoms with van der Waals surface area (Å²) in [7, 11) is 0. The van der Waals surface area contributed by atoms with E-state index in [0.717, 1.165) is 28.6 Å². The molecule has 0 radical (unpaired) electrons. The smallest absolute Gasteiger partial charge is 0.331 e. The first kappa shape index (κ1) is 18.5. The van der Waals surface area contributed by atoms with Crippen molar-refractivity contribution in [2.45, 2.75) is 6.04 Å². The predicted molar refractivity (Wildman–Crippen MR) is 112 cm³/mol. The van der Waals surface area contributed by atoms with Crippen LogP contribution in [0.15, 0.2) is 71.2 Å². The number of fused-ring (bicyclic) bond motifs is 1. The van der Waals surface area contributed by atoms with Crippen LogP contribution in [0, 0.1) is 0 Å². The number of carbonyl (C=O) groups is 2. The maximum Gasteiger partial charge on any atom is 0.331 e. The summed E-state index contributed by atoms with van der Waals surface area (Å²) in [5.74, 6) is -0.744. The third-order valence-electron chi connectivity index (χ3n) is 4.40. The number of thiocarbonyl (C=S) groups is 1. The van der Waals surface area contributed by atoms with Gasteiger partial charge in [-0.05, 0) is 29.4 Å². The van der Waals surface area contributed by atoms with Gasteiger partial charge in [0.15, 0.2) is 6.04 Å². The quantitative estimate of drug-likeness (QED) is 0.607. The number of hydrogen-bond donors (Lipinski definition) is 1. The molecular formula is C21H15NO4S2. The molecule has 5 nitrogen and oxygen atoms in total. The monoisotopic (exact) mass is 409 g/mol. The fraction of sp³-hybridized carbons (Fsp3) is 0.0952. The lowest BCUT2D eigenvalue weighted by Crippen LogP contribution is -2.37. The van der Waals surface area contributed by atoms with E-state index in [1.54, 1.807) is 36.4 Å². The highest BCUT2D eigenvalue weighted by Crippen LogP contribution is 2.38. The molecule has 1 atom stereocenters. The first-order chi connectivity index (χ1) is 13.5. The second kappa shape index (κ2) is 7.61. The molecule has 2 aromatic rings. The second-order valence-corrected chi connectivity index (χ2v) is 7.92. The zero-order chi connectivity index (χ0) is 19.7.